The van der Waals surface area contributed by atoms with Crippen LogP contribution in [0.4, 0.5) is 10.1 Å². The van der Waals surface area contributed by atoms with Gasteiger partial charge in [-0.15, -0.1) is 10.2 Å². The number of hydrogen-bond donors (Lipinski definition) is 3. The molecule has 0 radical (unpaired) electrons. The number of rotatable bonds is 6. The Morgan fingerprint density at radius 3 is 2.55 bits per heavy atom. The Morgan fingerprint density at radius 1 is 1.28 bits per heavy atom. The van der Waals surface area contributed by atoms with Crippen LogP contribution in [-0.4, -0.2) is 56.6 Å². The number of benzene rings is 1. The molecular weight excluding hydrogens is 377 g/mol. The van der Waals surface area contributed by atoms with Crippen LogP contribution < -0.4 is 10.2 Å². The molecule has 3 N–H and O–H groups in total. The van der Waals surface area contributed by atoms with E-state index in [1.807, 2.05) is 6.92 Å². The molecule has 9 heteroatoms. The second-order valence-corrected chi connectivity index (χ2v) is 7.66. The number of aromatic nitrogens is 3. The first kappa shape index (κ1) is 21.2. The summed E-state index contributed by atoms with van der Waals surface area (Å²) in [4.78, 5) is 14.5. The topological polar surface area (TPSA) is 104 Å². The molecule has 8 nitrogen and oxygen atoms in total. The molecule has 1 fully saturated rings. The Morgan fingerprint density at radius 2 is 1.97 bits per heavy atom. The van der Waals surface area contributed by atoms with Crippen molar-refractivity contribution in [1.82, 2.24) is 20.1 Å². The quantitative estimate of drug-likeness (QED) is 0.663. The van der Waals surface area contributed by atoms with Gasteiger partial charge in [-0.1, -0.05) is 0 Å². The Kier molecular flexibility index (Phi) is 6.49. The zero-order chi connectivity index (χ0) is 21.1. The largest absolute Gasteiger partial charge is 0.382 e. The molecule has 2 atom stereocenters. The number of halogens is 1. The van der Waals surface area contributed by atoms with Crippen LogP contribution in [0.15, 0.2) is 18.2 Å². The van der Waals surface area contributed by atoms with E-state index in [1.165, 1.54) is 16.7 Å². The van der Waals surface area contributed by atoms with Gasteiger partial charge in [0.2, 0.25) is 0 Å². The summed E-state index contributed by atoms with van der Waals surface area (Å²) in [5, 5.41) is 30.8. The first-order valence-corrected chi connectivity index (χ1v) is 9.78. The van der Waals surface area contributed by atoms with E-state index >= 15 is 0 Å². The van der Waals surface area contributed by atoms with Crippen molar-refractivity contribution < 1.29 is 19.4 Å². The number of nitrogens with zero attached hydrogens (tertiary/aromatic N) is 4. The van der Waals surface area contributed by atoms with Crippen LogP contribution in [0.2, 0.25) is 0 Å². The van der Waals surface area contributed by atoms with Gasteiger partial charge in [0.1, 0.15) is 17.7 Å². The van der Waals surface area contributed by atoms with E-state index in [2.05, 4.69) is 20.4 Å². The van der Waals surface area contributed by atoms with Crippen molar-refractivity contribution in [2.24, 2.45) is 13.0 Å². The van der Waals surface area contributed by atoms with Gasteiger partial charge in [0.15, 0.2) is 11.9 Å². The fourth-order valence-corrected chi connectivity index (χ4v) is 3.67. The molecule has 29 heavy (non-hydrogen) atoms. The third-order valence-electron chi connectivity index (χ3n) is 5.64. The number of aryl methyl sites for hydroxylation is 2. The van der Waals surface area contributed by atoms with Gasteiger partial charge < -0.3 is 25.0 Å². The predicted octanol–water partition coefficient (Wildman–Crippen LogP) is 0.998. The molecule has 0 aliphatic carbocycles. The van der Waals surface area contributed by atoms with Crippen LogP contribution in [0.25, 0.3) is 0 Å². The number of carbonyl (C=O) groups is 1. The number of carbonyl (C=O) groups excluding carboxylic acids is 1. The number of aliphatic hydroxyl groups excluding tert-OH is 2. The zero-order valence-electron chi connectivity index (χ0n) is 17.0. The first-order chi connectivity index (χ1) is 13.8. The standard InChI is InChI=1S/C20H28FN5O3/c1-12-10-15(21)4-5-16(12)26-8-6-14(7-9-26)11-22-20(29)18(28)17(27)19-24-23-13(2)25(19)3/h4-5,10,14,17-18,27-28H,6-9,11H2,1-3H3,(H,22,29)/t17-,18-/m1/s1. The Bertz CT molecular complexity index is 864. The molecule has 1 aromatic carbocycles. The molecule has 0 spiro atoms. The highest BCUT2D eigenvalue weighted by atomic mass is 19.1. The van der Waals surface area contributed by atoms with Gasteiger partial charge in [-0.3, -0.25) is 4.79 Å². The van der Waals surface area contributed by atoms with Crippen molar-refractivity contribution in [2.45, 2.75) is 38.9 Å². The molecule has 2 heterocycles. The predicted molar refractivity (Wildman–Crippen MR) is 106 cm³/mol. The first-order valence-electron chi connectivity index (χ1n) is 9.78. The van der Waals surface area contributed by atoms with Gasteiger partial charge in [-0.05, 0) is 56.4 Å². The van der Waals surface area contributed by atoms with Crippen LogP contribution in [0, 0.1) is 25.6 Å². The van der Waals surface area contributed by atoms with E-state index in [1.54, 1.807) is 20.0 Å². The molecule has 1 amide bonds. The van der Waals surface area contributed by atoms with Gasteiger partial charge in [0, 0.05) is 32.4 Å². The zero-order valence-corrected chi connectivity index (χ0v) is 17.0. The number of hydrogen-bond acceptors (Lipinski definition) is 6. The average molecular weight is 405 g/mol. The lowest BCUT2D eigenvalue weighted by atomic mass is 9.95. The van der Waals surface area contributed by atoms with E-state index in [9.17, 15) is 19.4 Å². The minimum absolute atomic E-state index is 0.146. The molecule has 0 bridgehead atoms. The fourth-order valence-electron chi connectivity index (χ4n) is 3.67. The molecule has 0 saturated carbocycles. The van der Waals surface area contributed by atoms with Gasteiger partial charge >= 0.3 is 0 Å². The highest BCUT2D eigenvalue weighted by Crippen LogP contribution is 2.26. The van der Waals surface area contributed by atoms with Crippen molar-refractivity contribution in [1.29, 1.82) is 0 Å². The molecule has 1 aromatic heterocycles. The highest BCUT2D eigenvalue weighted by Gasteiger charge is 2.30. The molecule has 1 aliphatic heterocycles. The highest BCUT2D eigenvalue weighted by molar-refractivity contribution is 5.81. The maximum Gasteiger partial charge on any atom is 0.252 e. The van der Waals surface area contributed by atoms with Crippen molar-refractivity contribution in [2.75, 3.05) is 24.5 Å². The second kappa shape index (κ2) is 8.87. The van der Waals surface area contributed by atoms with Crippen molar-refractivity contribution in [3.8, 4) is 0 Å². The fraction of sp³-hybridized carbons (Fsp3) is 0.550. The van der Waals surface area contributed by atoms with Crippen molar-refractivity contribution >= 4 is 11.6 Å². The molecule has 3 rings (SSSR count). The lowest BCUT2D eigenvalue weighted by Crippen LogP contribution is -2.43. The van der Waals surface area contributed by atoms with Gasteiger partial charge in [-0.2, -0.15) is 0 Å². The number of amides is 1. The number of aliphatic hydroxyl groups is 2. The number of nitrogens with one attached hydrogen (secondary N) is 1. The summed E-state index contributed by atoms with van der Waals surface area (Å²) in [6.45, 7) is 5.68. The van der Waals surface area contributed by atoms with Crippen LogP contribution >= 0.6 is 0 Å². The normalized spacial score (nSPS) is 17.2. The lowest BCUT2D eigenvalue weighted by molar-refractivity contribution is -0.136. The second-order valence-electron chi connectivity index (χ2n) is 7.66. The molecule has 158 valence electrons. The van der Waals surface area contributed by atoms with Crippen molar-refractivity contribution in [3.05, 3.63) is 41.2 Å². The van der Waals surface area contributed by atoms with Crippen LogP contribution in [0.1, 0.15) is 36.2 Å². The minimum Gasteiger partial charge on any atom is -0.382 e. The van der Waals surface area contributed by atoms with E-state index < -0.39 is 18.1 Å². The number of piperidine rings is 1. The monoisotopic (exact) mass is 405 g/mol. The molecule has 0 unspecified atom stereocenters. The molecule has 2 aromatic rings. The number of anilines is 1. The van der Waals surface area contributed by atoms with E-state index in [4.69, 9.17) is 0 Å². The van der Waals surface area contributed by atoms with E-state index in [0.29, 0.717) is 12.4 Å². The summed E-state index contributed by atoms with van der Waals surface area (Å²) in [5.41, 5.74) is 1.94. The molecule has 1 saturated heterocycles. The van der Waals surface area contributed by atoms with E-state index in [-0.39, 0.29) is 17.6 Å². The summed E-state index contributed by atoms with van der Waals surface area (Å²) in [6.07, 6.45) is -1.31. The van der Waals surface area contributed by atoms with Crippen molar-refractivity contribution in [3.63, 3.8) is 0 Å². The van der Waals surface area contributed by atoms with E-state index in [0.717, 1.165) is 37.2 Å². The van der Waals surface area contributed by atoms with Crippen LogP contribution in [0.5, 0.6) is 0 Å². The van der Waals surface area contributed by atoms with Crippen LogP contribution in [0.3, 0.4) is 0 Å². The average Bonchev–Trinajstić information content (AvgIpc) is 3.04. The summed E-state index contributed by atoms with van der Waals surface area (Å²) >= 11 is 0. The minimum atomic E-state index is -1.61. The maximum absolute atomic E-state index is 13.3. The van der Waals surface area contributed by atoms with Crippen LogP contribution in [-0.2, 0) is 11.8 Å². The molecule has 1 aliphatic rings. The Balaban J connectivity index is 1.48. The summed E-state index contributed by atoms with van der Waals surface area (Å²) in [5.74, 6) is 0.136. The third-order valence-corrected chi connectivity index (χ3v) is 5.64. The third kappa shape index (κ3) is 4.73. The smallest absolute Gasteiger partial charge is 0.252 e. The summed E-state index contributed by atoms with van der Waals surface area (Å²) in [6, 6.07) is 4.81. The summed E-state index contributed by atoms with van der Waals surface area (Å²) in [7, 11) is 1.66. The Labute approximate surface area is 169 Å². The lowest BCUT2D eigenvalue weighted by Gasteiger charge is -2.34. The van der Waals surface area contributed by atoms with Gasteiger partial charge in [0.25, 0.3) is 5.91 Å². The van der Waals surface area contributed by atoms with Gasteiger partial charge in [-0.25, -0.2) is 4.39 Å². The van der Waals surface area contributed by atoms with Gasteiger partial charge in [0.05, 0.1) is 0 Å². The SMILES string of the molecule is Cc1cc(F)ccc1N1CCC(CNC(=O)[C@H](O)[C@@H](O)c2nnc(C)n2C)CC1. The summed E-state index contributed by atoms with van der Waals surface area (Å²) < 4.78 is 14.8. The maximum atomic E-state index is 13.3. The Hall–Kier alpha value is -2.52. The molecular formula is C20H28FN5O3.